The number of carbonyl (C=O) groups is 1. The quantitative estimate of drug-likeness (QED) is 0.877. The predicted octanol–water partition coefficient (Wildman–Crippen LogP) is 3.19. The number of hydrogen-bond acceptors (Lipinski definition) is 2. The molecule has 0 saturated heterocycles. The van der Waals surface area contributed by atoms with Crippen molar-refractivity contribution in [1.82, 2.24) is 0 Å². The van der Waals surface area contributed by atoms with Crippen molar-refractivity contribution in [2.75, 3.05) is 0 Å². The number of nitrogens with two attached hydrogens (primary N) is 1. The number of carbonyl (C=O) groups excluding carboxylic acids is 1. The Morgan fingerprint density at radius 3 is 1.65 bits per heavy atom. The average molecular weight is 327 g/mol. The number of hydrogen-bond donors (Lipinski definition) is 1. The molecule has 0 unspecified atom stereocenters. The third kappa shape index (κ3) is 2.53. The molecule has 2 aromatic rings. The minimum Gasteiger partial charge on any atom is -0.369 e. The van der Waals surface area contributed by atoms with E-state index in [4.69, 9.17) is 5.73 Å². The second-order valence-electron chi connectivity index (χ2n) is 6.24. The number of rotatable bonds is 4. The summed E-state index contributed by atoms with van der Waals surface area (Å²) in [5.41, 5.74) is 5.85. The van der Waals surface area contributed by atoms with Gasteiger partial charge in [-0.3, -0.25) is 4.79 Å². The van der Waals surface area contributed by atoms with Crippen LogP contribution in [0, 0.1) is 0 Å². The number of benzene rings is 2. The molecule has 120 valence electrons. The lowest BCUT2D eigenvalue weighted by molar-refractivity contribution is -0.121. The van der Waals surface area contributed by atoms with Gasteiger partial charge in [0.25, 0.3) is 0 Å². The summed E-state index contributed by atoms with van der Waals surface area (Å²) in [5.74, 6) is -0.423. The van der Waals surface area contributed by atoms with Crippen molar-refractivity contribution in [1.29, 1.82) is 0 Å². The first kappa shape index (κ1) is 16.0. The van der Waals surface area contributed by atoms with Crippen LogP contribution in [0.15, 0.2) is 60.7 Å². The molecule has 0 aromatic heterocycles. The Morgan fingerprint density at radius 1 is 0.826 bits per heavy atom. The fraction of sp³-hybridized carbons (Fsp3) is 0.316. The Bertz CT molecular complexity index is 678. The highest BCUT2D eigenvalue weighted by Gasteiger charge is 2.54. The van der Waals surface area contributed by atoms with E-state index in [1.165, 1.54) is 0 Å². The normalized spacial score (nSPS) is 17.6. The molecule has 1 fully saturated rings. The lowest BCUT2D eigenvalue weighted by Gasteiger charge is -2.41. The highest BCUT2D eigenvalue weighted by Crippen LogP contribution is 2.61. The lowest BCUT2D eigenvalue weighted by Crippen LogP contribution is -2.49. The van der Waals surface area contributed by atoms with Gasteiger partial charge in [-0.1, -0.05) is 79.9 Å². The first-order valence-corrected chi connectivity index (χ1v) is 9.83. The largest absolute Gasteiger partial charge is 0.369 e. The third-order valence-electron chi connectivity index (χ3n) is 4.98. The monoisotopic (exact) mass is 327 g/mol. The smallest absolute Gasteiger partial charge is 0.231 e. The maximum Gasteiger partial charge on any atom is 0.231 e. The number of amides is 1. The maximum absolute atomic E-state index is 14.4. The van der Waals surface area contributed by atoms with Gasteiger partial charge in [-0.25, -0.2) is 0 Å². The SMILES string of the molecule is NC(=O)C1(P(=O)(c2ccccc2)c2ccccc2)CCCCC1. The van der Waals surface area contributed by atoms with E-state index in [1.54, 1.807) is 0 Å². The van der Waals surface area contributed by atoms with Crippen molar-refractivity contribution >= 4 is 23.7 Å². The second kappa shape index (κ2) is 6.33. The molecule has 0 atom stereocenters. The van der Waals surface area contributed by atoms with Gasteiger partial charge < -0.3 is 10.3 Å². The minimum absolute atomic E-state index is 0.423. The van der Waals surface area contributed by atoms with Crippen LogP contribution in [0.3, 0.4) is 0 Å². The van der Waals surface area contributed by atoms with Crippen LogP contribution in [0.5, 0.6) is 0 Å². The summed E-state index contributed by atoms with van der Waals surface area (Å²) >= 11 is 0. The predicted molar refractivity (Wildman–Crippen MR) is 94.8 cm³/mol. The zero-order valence-electron chi connectivity index (χ0n) is 13.2. The molecule has 3 nitrogen and oxygen atoms in total. The molecule has 0 spiro atoms. The highest BCUT2D eigenvalue weighted by atomic mass is 31.2. The van der Waals surface area contributed by atoms with Crippen molar-refractivity contribution in [3.63, 3.8) is 0 Å². The summed E-state index contributed by atoms with van der Waals surface area (Å²) in [5, 5.41) is 0.493. The Balaban J connectivity index is 2.28. The fourth-order valence-corrected chi connectivity index (χ4v) is 7.50. The molecule has 0 bridgehead atoms. The van der Waals surface area contributed by atoms with Crippen LogP contribution < -0.4 is 16.3 Å². The van der Waals surface area contributed by atoms with E-state index in [-0.39, 0.29) is 0 Å². The van der Waals surface area contributed by atoms with Gasteiger partial charge in [-0.05, 0) is 12.8 Å². The molecule has 23 heavy (non-hydrogen) atoms. The van der Waals surface area contributed by atoms with Gasteiger partial charge in [0.2, 0.25) is 5.91 Å². The van der Waals surface area contributed by atoms with Gasteiger partial charge in [-0.15, -0.1) is 0 Å². The summed E-state index contributed by atoms with van der Waals surface area (Å²) < 4.78 is 14.4. The minimum atomic E-state index is -3.16. The standard InChI is InChI=1S/C19H22NO2P/c20-18(21)19(14-8-3-9-15-19)23(22,16-10-4-1-5-11-16)17-12-6-2-7-13-17/h1-2,4-7,10-13H,3,8-9,14-15H2,(H2,20,21). The first-order valence-electron chi connectivity index (χ1n) is 8.12. The summed E-state index contributed by atoms with van der Waals surface area (Å²) in [4.78, 5) is 12.5. The highest BCUT2D eigenvalue weighted by molar-refractivity contribution is 7.80. The van der Waals surface area contributed by atoms with Crippen LogP contribution in [-0.4, -0.2) is 11.1 Å². The van der Waals surface area contributed by atoms with Gasteiger partial charge in [0, 0.05) is 10.6 Å². The molecule has 3 rings (SSSR count). The molecule has 2 N–H and O–H groups in total. The Kier molecular flexibility index (Phi) is 4.41. The molecule has 4 heteroatoms. The van der Waals surface area contributed by atoms with Gasteiger partial charge in [0.05, 0.1) is 0 Å². The number of primary amides is 1. The molecule has 0 heterocycles. The lowest BCUT2D eigenvalue weighted by atomic mass is 9.88. The van der Waals surface area contributed by atoms with E-state index >= 15 is 0 Å². The van der Waals surface area contributed by atoms with E-state index < -0.39 is 18.2 Å². The van der Waals surface area contributed by atoms with E-state index in [0.717, 1.165) is 29.9 Å². The summed E-state index contributed by atoms with van der Waals surface area (Å²) in [6.07, 6.45) is 4.06. The van der Waals surface area contributed by atoms with Gasteiger partial charge in [0.1, 0.15) is 5.16 Å². The van der Waals surface area contributed by atoms with Crippen molar-refractivity contribution in [3.8, 4) is 0 Å². The zero-order valence-corrected chi connectivity index (χ0v) is 14.0. The van der Waals surface area contributed by atoms with Crippen molar-refractivity contribution in [2.24, 2.45) is 5.73 Å². The van der Waals surface area contributed by atoms with Gasteiger partial charge in [0.15, 0.2) is 7.14 Å². The van der Waals surface area contributed by atoms with Crippen LogP contribution in [0.25, 0.3) is 0 Å². The van der Waals surface area contributed by atoms with Gasteiger partial charge in [-0.2, -0.15) is 0 Å². The topological polar surface area (TPSA) is 60.2 Å². The average Bonchev–Trinajstić information content (AvgIpc) is 2.63. The summed E-state index contributed by atoms with van der Waals surface area (Å²) in [6, 6.07) is 18.8. The molecular weight excluding hydrogens is 305 g/mol. The molecule has 1 amide bonds. The molecule has 1 aliphatic carbocycles. The molecule has 1 aliphatic rings. The van der Waals surface area contributed by atoms with Crippen molar-refractivity contribution in [2.45, 2.75) is 37.3 Å². The molecule has 2 aromatic carbocycles. The first-order chi connectivity index (χ1) is 11.1. The van der Waals surface area contributed by atoms with Crippen molar-refractivity contribution in [3.05, 3.63) is 60.7 Å². The van der Waals surface area contributed by atoms with Crippen LogP contribution in [0.4, 0.5) is 0 Å². The molecule has 0 aliphatic heterocycles. The molecular formula is C19H22NO2P. The maximum atomic E-state index is 14.4. The van der Waals surface area contributed by atoms with E-state index in [9.17, 15) is 9.36 Å². The van der Waals surface area contributed by atoms with E-state index in [1.807, 2.05) is 60.7 Å². The van der Waals surface area contributed by atoms with E-state index in [0.29, 0.717) is 12.8 Å². The Labute approximate surface area is 137 Å². The zero-order chi connectivity index (χ0) is 16.3. The van der Waals surface area contributed by atoms with Crippen LogP contribution in [0.2, 0.25) is 0 Å². The fourth-order valence-electron chi connectivity index (χ4n) is 3.77. The van der Waals surface area contributed by atoms with Crippen molar-refractivity contribution < 1.29 is 9.36 Å². The van der Waals surface area contributed by atoms with E-state index in [2.05, 4.69) is 0 Å². The summed E-state index contributed by atoms with van der Waals surface area (Å²) in [7, 11) is -3.16. The van der Waals surface area contributed by atoms with Crippen LogP contribution in [-0.2, 0) is 9.36 Å². The Hall–Kier alpha value is -1.86. The van der Waals surface area contributed by atoms with Crippen LogP contribution >= 0.6 is 7.14 Å². The third-order valence-corrected chi connectivity index (χ3v) is 8.91. The van der Waals surface area contributed by atoms with Crippen LogP contribution in [0.1, 0.15) is 32.1 Å². The van der Waals surface area contributed by atoms with Gasteiger partial charge >= 0.3 is 0 Å². The summed E-state index contributed by atoms with van der Waals surface area (Å²) in [6.45, 7) is 0. The molecule has 0 radical (unpaired) electrons. The Morgan fingerprint density at radius 2 is 1.26 bits per heavy atom. The molecule has 1 saturated carbocycles. The second-order valence-corrected chi connectivity index (χ2v) is 9.34.